The molecular weight excluding hydrogens is 274 g/mol. The summed E-state index contributed by atoms with van der Waals surface area (Å²) in [6.07, 6.45) is 0. The smallest absolute Gasteiger partial charge is 0.234 e. The summed E-state index contributed by atoms with van der Waals surface area (Å²) in [6.45, 7) is 7.55. The van der Waals surface area contributed by atoms with Crippen LogP contribution >= 0.6 is 11.3 Å². The number of hydrogen-bond acceptors (Lipinski definition) is 4. The maximum absolute atomic E-state index is 12.0. The Labute approximate surface area is 124 Å². The fraction of sp³-hybridized carbons (Fsp3) is 0.571. The number of rotatable bonds is 8. The lowest BCUT2D eigenvalue weighted by atomic mass is 10.2. The van der Waals surface area contributed by atoms with Gasteiger partial charge in [-0.15, -0.1) is 11.3 Å². The molecule has 0 spiro atoms. The van der Waals surface area contributed by atoms with Crippen LogP contribution in [0.5, 0.6) is 0 Å². The zero-order valence-electron chi connectivity index (χ0n) is 12.3. The highest BCUT2D eigenvalue weighted by molar-refractivity contribution is 7.10. The first-order chi connectivity index (χ1) is 9.56. The van der Waals surface area contributed by atoms with Gasteiger partial charge < -0.3 is 10.6 Å². The molecule has 0 unspecified atom stereocenters. The third-order valence-corrected chi connectivity index (χ3v) is 3.96. The van der Waals surface area contributed by atoms with Gasteiger partial charge in [-0.05, 0) is 31.8 Å². The number of nitrogens with zero attached hydrogens (tertiary/aromatic N) is 1. The van der Waals surface area contributed by atoms with Crippen molar-refractivity contribution in [2.45, 2.75) is 26.8 Å². The molecule has 2 N–H and O–H groups in total. The van der Waals surface area contributed by atoms with Crippen LogP contribution in [-0.2, 0) is 9.59 Å². The van der Waals surface area contributed by atoms with Crippen molar-refractivity contribution in [2.75, 3.05) is 26.2 Å². The number of carbonyl (C=O) groups excluding carboxylic acids is 2. The van der Waals surface area contributed by atoms with Gasteiger partial charge in [-0.3, -0.25) is 14.5 Å². The quantitative estimate of drug-likeness (QED) is 0.762. The van der Waals surface area contributed by atoms with E-state index in [0.29, 0.717) is 13.1 Å². The van der Waals surface area contributed by atoms with Gasteiger partial charge in [0.2, 0.25) is 11.8 Å². The SMILES string of the molecule is CCNC(=O)CN(CC)CC(=O)N[C@H](C)c1cccs1. The molecule has 0 saturated heterocycles. The second kappa shape index (κ2) is 8.71. The predicted molar refractivity (Wildman–Crippen MR) is 81.7 cm³/mol. The number of thiophene rings is 1. The van der Waals surface area contributed by atoms with Gasteiger partial charge in [0.15, 0.2) is 0 Å². The molecule has 1 rings (SSSR count). The van der Waals surface area contributed by atoms with E-state index in [4.69, 9.17) is 0 Å². The minimum atomic E-state index is -0.0583. The van der Waals surface area contributed by atoms with Gasteiger partial charge in [-0.2, -0.15) is 0 Å². The lowest BCUT2D eigenvalue weighted by Crippen LogP contribution is -2.43. The largest absolute Gasteiger partial charge is 0.355 e. The third kappa shape index (κ3) is 5.71. The van der Waals surface area contributed by atoms with Gasteiger partial charge in [0.1, 0.15) is 0 Å². The van der Waals surface area contributed by atoms with Crippen molar-refractivity contribution < 1.29 is 9.59 Å². The first-order valence-electron chi connectivity index (χ1n) is 6.88. The molecule has 1 heterocycles. The molecule has 1 aromatic heterocycles. The minimum absolute atomic E-state index is 0.00525. The number of nitrogens with one attached hydrogen (secondary N) is 2. The Morgan fingerprint density at radius 1 is 1.30 bits per heavy atom. The van der Waals surface area contributed by atoms with E-state index in [9.17, 15) is 9.59 Å². The monoisotopic (exact) mass is 297 g/mol. The molecule has 112 valence electrons. The number of likely N-dealkylation sites (N-methyl/N-ethyl adjacent to an activating group) is 2. The van der Waals surface area contributed by atoms with E-state index in [1.807, 2.05) is 43.2 Å². The zero-order valence-corrected chi connectivity index (χ0v) is 13.1. The Hall–Kier alpha value is -1.40. The van der Waals surface area contributed by atoms with Crippen molar-refractivity contribution in [1.82, 2.24) is 15.5 Å². The number of amides is 2. The van der Waals surface area contributed by atoms with E-state index < -0.39 is 0 Å². The average Bonchev–Trinajstić information content (AvgIpc) is 2.92. The van der Waals surface area contributed by atoms with E-state index in [0.717, 1.165) is 4.88 Å². The lowest BCUT2D eigenvalue weighted by Gasteiger charge is -2.20. The van der Waals surface area contributed by atoms with E-state index in [2.05, 4.69) is 10.6 Å². The number of carbonyl (C=O) groups is 2. The normalized spacial score (nSPS) is 12.2. The molecule has 0 fully saturated rings. The Kier molecular flexibility index (Phi) is 7.25. The summed E-state index contributed by atoms with van der Waals surface area (Å²) in [5.74, 6) is -0.106. The predicted octanol–water partition coefficient (Wildman–Crippen LogP) is 1.38. The zero-order chi connectivity index (χ0) is 15.0. The first kappa shape index (κ1) is 16.7. The van der Waals surface area contributed by atoms with Crippen molar-refractivity contribution in [3.05, 3.63) is 22.4 Å². The van der Waals surface area contributed by atoms with Crippen LogP contribution in [0.15, 0.2) is 17.5 Å². The molecule has 6 heteroatoms. The highest BCUT2D eigenvalue weighted by atomic mass is 32.1. The van der Waals surface area contributed by atoms with Crippen molar-refractivity contribution in [1.29, 1.82) is 0 Å². The summed E-state index contributed by atoms with van der Waals surface area (Å²) < 4.78 is 0. The van der Waals surface area contributed by atoms with Crippen molar-refractivity contribution in [3.63, 3.8) is 0 Å². The Bertz CT molecular complexity index is 420. The second-order valence-corrected chi connectivity index (χ2v) is 5.54. The molecule has 5 nitrogen and oxygen atoms in total. The molecule has 0 saturated carbocycles. The van der Waals surface area contributed by atoms with Crippen molar-refractivity contribution >= 4 is 23.2 Å². The van der Waals surface area contributed by atoms with Gasteiger partial charge >= 0.3 is 0 Å². The van der Waals surface area contributed by atoms with Crippen LogP contribution in [-0.4, -0.2) is 42.9 Å². The van der Waals surface area contributed by atoms with Crippen LogP contribution in [0.25, 0.3) is 0 Å². The summed E-state index contributed by atoms with van der Waals surface area (Å²) in [5, 5.41) is 7.68. The maximum atomic E-state index is 12.0. The maximum Gasteiger partial charge on any atom is 0.234 e. The Morgan fingerprint density at radius 3 is 2.55 bits per heavy atom. The fourth-order valence-corrected chi connectivity index (χ4v) is 2.57. The summed E-state index contributed by atoms with van der Waals surface area (Å²) in [6, 6.07) is 3.98. The molecule has 0 aromatic carbocycles. The van der Waals surface area contributed by atoms with Gasteiger partial charge in [0.25, 0.3) is 0 Å². The van der Waals surface area contributed by atoms with Crippen LogP contribution in [0.4, 0.5) is 0 Å². The minimum Gasteiger partial charge on any atom is -0.355 e. The Morgan fingerprint density at radius 2 is 2.00 bits per heavy atom. The molecule has 0 aliphatic rings. The average molecular weight is 297 g/mol. The van der Waals surface area contributed by atoms with Crippen LogP contribution in [0.1, 0.15) is 31.7 Å². The van der Waals surface area contributed by atoms with Crippen LogP contribution in [0.3, 0.4) is 0 Å². The topological polar surface area (TPSA) is 61.4 Å². The molecular formula is C14H23N3O2S. The van der Waals surface area contributed by atoms with E-state index in [1.54, 1.807) is 11.3 Å². The van der Waals surface area contributed by atoms with Gasteiger partial charge in [-0.25, -0.2) is 0 Å². The molecule has 0 bridgehead atoms. The Balaban J connectivity index is 2.41. The standard InChI is InChI=1S/C14H23N3O2S/c1-4-15-13(18)9-17(5-2)10-14(19)16-11(3)12-7-6-8-20-12/h6-8,11H,4-5,9-10H2,1-3H3,(H,15,18)(H,16,19)/t11-/m1/s1. The first-order valence-corrected chi connectivity index (χ1v) is 7.76. The van der Waals surface area contributed by atoms with E-state index in [-0.39, 0.29) is 30.9 Å². The summed E-state index contributed by atoms with van der Waals surface area (Å²) >= 11 is 1.62. The van der Waals surface area contributed by atoms with Crippen LogP contribution in [0, 0.1) is 0 Å². The highest BCUT2D eigenvalue weighted by Gasteiger charge is 2.15. The van der Waals surface area contributed by atoms with Crippen LogP contribution < -0.4 is 10.6 Å². The van der Waals surface area contributed by atoms with E-state index >= 15 is 0 Å². The molecule has 0 radical (unpaired) electrons. The lowest BCUT2D eigenvalue weighted by molar-refractivity contribution is -0.125. The summed E-state index contributed by atoms with van der Waals surface area (Å²) in [5.41, 5.74) is 0. The van der Waals surface area contributed by atoms with Crippen molar-refractivity contribution in [2.24, 2.45) is 0 Å². The molecule has 0 aliphatic heterocycles. The molecule has 2 amide bonds. The molecule has 1 atom stereocenters. The second-order valence-electron chi connectivity index (χ2n) is 4.56. The highest BCUT2D eigenvalue weighted by Crippen LogP contribution is 2.17. The van der Waals surface area contributed by atoms with Crippen LogP contribution in [0.2, 0.25) is 0 Å². The van der Waals surface area contributed by atoms with Gasteiger partial charge in [0, 0.05) is 11.4 Å². The van der Waals surface area contributed by atoms with Gasteiger partial charge in [-0.1, -0.05) is 13.0 Å². The third-order valence-electron chi connectivity index (χ3n) is 2.90. The molecule has 20 heavy (non-hydrogen) atoms. The summed E-state index contributed by atoms with van der Waals surface area (Å²) in [4.78, 5) is 26.4. The fourth-order valence-electron chi connectivity index (χ4n) is 1.83. The van der Waals surface area contributed by atoms with E-state index in [1.165, 1.54) is 0 Å². The van der Waals surface area contributed by atoms with Crippen molar-refractivity contribution in [3.8, 4) is 0 Å². The van der Waals surface area contributed by atoms with Gasteiger partial charge in [0.05, 0.1) is 19.1 Å². The number of hydrogen-bond donors (Lipinski definition) is 2. The molecule has 1 aromatic rings. The molecule has 0 aliphatic carbocycles. The summed E-state index contributed by atoms with van der Waals surface area (Å²) in [7, 11) is 0.